The Balaban J connectivity index is 1.93. The Labute approximate surface area is 119 Å². The zero-order valence-corrected chi connectivity index (χ0v) is 12.1. The summed E-state index contributed by atoms with van der Waals surface area (Å²) in [5.41, 5.74) is 0.830. The van der Waals surface area contributed by atoms with E-state index in [4.69, 9.17) is 9.47 Å². The molecule has 1 aromatic heterocycles. The average Bonchev–Trinajstić information content (AvgIpc) is 2.94. The van der Waals surface area contributed by atoms with Crippen LogP contribution in [0.4, 0.5) is 0 Å². The zero-order valence-electron chi connectivity index (χ0n) is 12.1. The van der Waals surface area contributed by atoms with Gasteiger partial charge in [-0.2, -0.15) is 0 Å². The summed E-state index contributed by atoms with van der Waals surface area (Å²) >= 11 is 0. The third kappa shape index (κ3) is 3.37. The highest BCUT2D eigenvalue weighted by molar-refractivity contribution is 5.34. The maximum Gasteiger partial charge on any atom is 0.224 e. The Bertz CT molecular complexity index is 406. The van der Waals surface area contributed by atoms with Crippen molar-refractivity contribution in [2.45, 2.75) is 25.8 Å². The van der Waals surface area contributed by atoms with E-state index in [1.807, 2.05) is 0 Å². The van der Waals surface area contributed by atoms with Gasteiger partial charge < -0.3 is 19.9 Å². The lowest BCUT2D eigenvalue weighted by molar-refractivity contribution is 0.192. The Morgan fingerprint density at radius 1 is 1.20 bits per heavy atom. The lowest BCUT2D eigenvalue weighted by Gasteiger charge is -2.18. The lowest BCUT2D eigenvalue weighted by Crippen LogP contribution is -2.27. The lowest BCUT2D eigenvalue weighted by atomic mass is 9.97. The van der Waals surface area contributed by atoms with Crippen molar-refractivity contribution in [3.8, 4) is 11.8 Å². The van der Waals surface area contributed by atoms with E-state index in [1.54, 1.807) is 14.2 Å². The molecule has 2 rings (SSSR count). The van der Waals surface area contributed by atoms with E-state index in [0.29, 0.717) is 30.1 Å². The second-order valence-corrected chi connectivity index (χ2v) is 5.14. The third-order valence-corrected chi connectivity index (χ3v) is 4.01. The van der Waals surface area contributed by atoms with E-state index in [2.05, 4.69) is 15.3 Å². The van der Waals surface area contributed by atoms with Gasteiger partial charge in [0.1, 0.15) is 6.33 Å². The number of nitrogens with one attached hydrogen (secondary N) is 1. The fraction of sp³-hybridized carbons (Fsp3) is 0.714. The summed E-state index contributed by atoms with van der Waals surface area (Å²) < 4.78 is 10.5. The summed E-state index contributed by atoms with van der Waals surface area (Å²) in [5, 5.41) is 12.7. The van der Waals surface area contributed by atoms with E-state index in [9.17, 15) is 5.11 Å². The summed E-state index contributed by atoms with van der Waals surface area (Å²) in [6.45, 7) is 1.77. The smallest absolute Gasteiger partial charge is 0.224 e. The largest absolute Gasteiger partial charge is 0.481 e. The molecule has 6 nitrogen and oxygen atoms in total. The summed E-state index contributed by atoms with van der Waals surface area (Å²) in [4.78, 5) is 8.19. The molecule has 0 bridgehead atoms. The molecule has 2 atom stereocenters. The quantitative estimate of drug-likeness (QED) is 0.776. The van der Waals surface area contributed by atoms with Crippen molar-refractivity contribution < 1.29 is 14.6 Å². The van der Waals surface area contributed by atoms with Crippen LogP contribution in [0, 0.1) is 11.8 Å². The highest BCUT2D eigenvalue weighted by atomic mass is 16.5. The fourth-order valence-corrected chi connectivity index (χ4v) is 2.89. The number of nitrogens with zero attached hydrogens (tertiary/aromatic N) is 2. The average molecular weight is 281 g/mol. The second-order valence-electron chi connectivity index (χ2n) is 5.14. The van der Waals surface area contributed by atoms with Crippen molar-refractivity contribution in [3.05, 3.63) is 11.9 Å². The first kappa shape index (κ1) is 15.0. The molecule has 0 aromatic carbocycles. The first-order valence-electron chi connectivity index (χ1n) is 7.03. The van der Waals surface area contributed by atoms with Crippen LogP contribution in [0.3, 0.4) is 0 Å². The van der Waals surface area contributed by atoms with Gasteiger partial charge in [-0.25, -0.2) is 9.97 Å². The molecule has 0 saturated heterocycles. The summed E-state index contributed by atoms with van der Waals surface area (Å²) in [6.07, 6.45) is 4.94. The number of aromatic nitrogens is 2. The van der Waals surface area contributed by atoms with Gasteiger partial charge in [-0.3, -0.25) is 0 Å². The minimum atomic E-state index is 0.285. The number of ether oxygens (including phenoxy) is 2. The van der Waals surface area contributed by atoms with Gasteiger partial charge in [-0.05, 0) is 31.2 Å². The summed E-state index contributed by atoms with van der Waals surface area (Å²) in [7, 11) is 3.17. The number of hydrogen-bond donors (Lipinski definition) is 2. The molecule has 2 unspecified atom stereocenters. The Hall–Kier alpha value is -1.40. The minimum Gasteiger partial charge on any atom is -0.481 e. The van der Waals surface area contributed by atoms with Gasteiger partial charge in [-0.1, -0.05) is 6.42 Å². The van der Waals surface area contributed by atoms with Gasteiger partial charge in [0.2, 0.25) is 11.8 Å². The van der Waals surface area contributed by atoms with Gasteiger partial charge in [0.05, 0.1) is 19.8 Å². The van der Waals surface area contributed by atoms with Crippen LogP contribution in [0.15, 0.2) is 6.33 Å². The highest BCUT2D eigenvalue weighted by Crippen LogP contribution is 2.31. The predicted molar refractivity (Wildman–Crippen MR) is 74.8 cm³/mol. The zero-order chi connectivity index (χ0) is 14.4. The van der Waals surface area contributed by atoms with Crippen molar-refractivity contribution in [2.24, 2.45) is 11.8 Å². The standard InChI is InChI=1S/C14H23N3O3/c1-19-13-12(14(20-2)17-9-16-13)7-15-6-10-4-3-5-11(10)8-18/h9-11,15,18H,3-8H2,1-2H3. The molecule has 20 heavy (non-hydrogen) atoms. The molecule has 6 heteroatoms. The SMILES string of the molecule is COc1ncnc(OC)c1CNCC1CCCC1CO. The van der Waals surface area contributed by atoms with Crippen molar-refractivity contribution in [2.75, 3.05) is 27.4 Å². The molecule has 1 aromatic rings. The molecular formula is C14H23N3O3. The van der Waals surface area contributed by atoms with Gasteiger partial charge >= 0.3 is 0 Å². The Morgan fingerprint density at radius 2 is 1.85 bits per heavy atom. The van der Waals surface area contributed by atoms with Crippen LogP contribution in [0.1, 0.15) is 24.8 Å². The van der Waals surface area contributed by atoms with Crippen molar-refractivity contribution in [1.82, 2.24) is 15.3 Å². The highest BCUT2D eigenvalue weighted by Gasteiger charge is 2.26. The second kappa shape index (κ2) is 7.40. The fourth-order valence-electron chi connectivity index (χ4n) is 2.89. The van der Waals surface area contributed by atoms with Gasteiger partial charge in [-0.15, -0.1) is 0 Å². The topological polar surface area (TPSA) is 76.5 Å². The number of methoxy groups -OCH3 is 2. The maximum absolute atomic E-state index is 9.33. The van der Waals surface area contributed by atoms with Crippen LogP contribution in [0.25, 0.3) is 0 Å². The van der Waals surface area contributed by atoms with Gasteiger partial charge in [0.25, 0.3) is 0 Å². The molecule has 1 fully saturated rings. The molecule has 1 saturated carbocycles. The molecule has 1 heterocycles. The van der Waals surface area contributed by atoms with Crippen LogP contribution in [-0.4, -0.2) is 42.4 Å². The molecule has 0 aliphatic heterocycles. The van der Waals surface area contributed by atoms with Gasteiger partial charge in [0.15, 0.2) is 0 Å². The first-order valence-corrected chi connectivity index (χ1v) is 7.03. The first-order chi connectivity index (χ1) is 9.80. The van der Waals surface area contributed by atoms with Crippen molar-refractivity contribution in [1.29, 1.82) is 0 Å². The molecule has 0 amide bonds. The molecule has 1 aliphatic carbocycles. The molecule has 0 radical (unpaired) electrons. The van der Waals surface area contributed by atoms with E-state index in [1.165, 1.54) is 19.2 Å². The van der Waals surface area contributed by atoms with Crippen molar-refractivity contribution >= 4 is 0 Å². The number of rotatable bonds is 7. The van der Waals surface area contributed by atoms with E-state index >= 15 is 0 Å². The van der Waals surface area contributed by atoms with Crippen LogP contribution < -0.4 is 14.8 Å². The number of aliphatic hydroxyl groups is 1. The monoisotopic (exact) mass is 281 g/mol. The Kier molecular flexibility index (Phi) is 5.55. The molecule has 112 valence electrons. The Morgan fingerprint density at radius 3 is 2.45 bits per heavy atom. The normalized spacial score (nSPS) is 21.9. The molecular weight excluding hydrogens is 258 g/mol. The molecule has 2 N–H and O–H groups in total. The summed E-state index contributed by atoms with van der Waals surface area (Å²) in [5.74, 6) is 2.05. The predicted octanol–water partition coefficient (Wildman–Crippen LogP) is 0.992. The summed E-state index contributed by atoms with van der Waals surface area (Å²) in [6, 6.07) is 0. The van der Waals surface area contributed by atoms with Crippen molar-refractivity contribution in [3.63, 3.8) is 0 Å². The van der Waals surface area contributed by atoms with Crippen LogP contribution in [-0.2, 0) is 6.54 Å². The van der Waals surface area contributed by atoms with E-state index < -0.39 is 0 Å². The number of hydrogen-bond acceptors (Lipinski definition) is 6. The molecule has 0 spiro atoms. The molecule has 1 aliphatic rings. The van der Waals surface area contributed by atoms with E-state index in [-0.39, 0.29) is 6.61 Å². The third-order valence-electron chi connectivity index (χ3n) is 4.01. The minimum absolute atomic E-state index is 0.285. The van der Waals surface area contributed by atoms with Crippen LogP contribution >= 0.6 is 0 Å². The van der Waals surface area contributed by atoms with Gasteiger partial charge in [0, 0.05) is 13.2 Å². The van der Waals surface area contributed by atoms with Crippen LogP contribution in [0.2, 0.25) is 0 Å². The maximum atomic E-state index is 9.33. The van der Waals surface area contributed by atoms with E-state index in [0.717, 1.165) is 18.5 Å². The van der Waals surface area contributed by atoms with Crippen LogP contribution in [0.5, 0.6) is 11.8 Å². The number of aliphatic hydroxyl groups excluding tert-OH is 1.